The predicted molar refractivity (Wildman–Crippen MR) is 90.2 cm³/mol. The largest absolute Gasteiger partial charge is 0.460 e. The second-order valence-corrected chi connectivity index (χ2v) is 8.55. The van der Waals surface area contributed by atoms with Crippen LogP contribution >= 0.6 is 0 Å². The molecule has 0 amide bonds. The number of carbonyl (C=O) groups is 1. The van der Waals surface area contributed by atoms with Crippen molar-refractivity contribution in [3.63, 3.8) is 0 Å². The Morgan fingerprint density at radius 3 is 2.30 bits per heavy atom. The van der Waals surface area contributed by atoms with E-state index in [1.54, 1.807) is 0 Å². The van der Waals surface area contributed by atoms with Gasteiger partial charge in [0.05, 0.1) is 5.41 Å². The van der Waals surface area contributed by atoms with Crippen molar-refractivity contribution in [1.82, 2.24) is 4.90 Å². The molecule has 3 aliphatic heterocycles. The minimum Gasteiger partial charge on any atom is -0.460 e. The van der Waals surface area contributed by atoms with E-state index in [9.17, 15) is 4.79 Å². The lowest BCUT2D eigenvalue weighted by Crippen LogP contribution is -2.57. The number of hydrogen-bond donors (Lipinski definition) is 0. The first-order valence-corrected chi connectivity index (χ1v) is 8.98. The summed E-state index contributed by atoms with van der Waals surface area (Å²) in [4.78, 5) is 15.6. The van der Waals surface area contributed by atoms with Crippen molar-refractivity contribution in [2.24, 2.45) is 11.3 Å². The highest BCUT2D eigenvalue weighted by Crippen LogP contribution is 2.56. The number of hydrogen-bond acceptors (Lipinski definition) is 3. The van der Waals surface area contributed by atoms with Gasteiger partial charge in [-0.1, -0.05) is 44.2 Å². The quantitative estimate of drug-likeness (QED) is 0.801. The first kappa shape index (κ1) is 15.2. The number of ether oxygens (including phenoxy) is 1. The molecule has 3 saturated heterocycles. The summed E-state index contributed by atoms with van der Waals surface area (Å²) in [6, 6.07) is 10.3. The zero-order valence-corrected chi connectivity index (χ0v) is 14.3. The van der Waals surface area contributed by atoms with Crippen molar-refractivity contribution in [1.29, 1.82) is 0 Å². The van der Waals surface area contributed by atoms with E-state index in [0.29, 0.717) is 5.92 Å². The van der Waals surface area contributed by atoms with Crippen LogP contribution < -0.4 is 0 Å². The summed E-state index contributed by atoms with van der Waals surface area (Å²) in [5, 5.41) is 0. The van der Waals surface area contributed by atoms with E-state index in [2.05, 4.69) is 30.9 Å². The summed E-state index contributed by atoms with van der Waals surface area (Å²) in [5.74, 6) is 0.589. The third-order valence-corrected chi connectivity index (χ3v) is 6.13. The summed E-state index contributed by atoms with van der Waals surface area (Å²) in [5.41, 5.74) is 0.936. The van der Waals surface area contributed by atoms with Gasteiger partial charge in [0, 0.05) is 6.54 Å². The van der Waals surface area contributed by atoms with E-state index in [1.165, 1.54) is 25.9 Å². The van der Waals surface area contributed by atoms with Crippen LogP contribution in [0.2, 0.25) is 0 Å². The Labute approximate surface area is 139 Å². The molecule has 4 aliphatic rings. The highest BCUT2D eigenvalue weighted by Gasteiger charge is 2.57. The Morgan fingerprint density at radius 1 is 1.13 bits per heavy atom. The van der Waals surface area contributed by atoms with Gasteiger partial charge in [-0.05, 0) is 55.7 Å². The zero-order valence-electron chi connectivity index (χ0n) is 14.3. The van der Waals surface area contributed by atoms with Gasteiger partial charge in [0.1, 0.15) is 6.10 Å². The van der Waals surface area contributed by atoms with Crippen LogP contribution in [0.4, 0.5) is 0 Å². The summed E-state index contributed by atoms with van der Waals surface area (Å²) in [6.45, 7) is 7.78. The van der Waals surface area contributed by atoms with E-state index in [1.807, 2.05) is 18.2 Å². The lowest BCUT2D eigenvalue weighted by Gasteiger charge is -2.53. The smallest absolute Gasteiger partial charge is 0.316 e. The first-order chi connectivity index (χ1) is 11.0. The van der Waals surface area contributed by atoms with E-state index in [0.717, 1.165) is 24.9 Å². The van der Waals surface area contributed by atoms with Crippen LogP contribution in [0.15, 0.2) is 30.3 Å². The van der Waals surface area contributed by atoms with Gasteiger partial charge in [-0.3, -0.25) is 9.69 Å². The highest BCUT2D eigenvalue weighted by atomic mass is 16.5. The van der Waals surface area contributed by atoms with Crippen LogP contribution in [0.25, 0.3) is 0 Å². The van der Waals surface area contributed by atoms with E-state index >= 15 is 0 Å². The fourth-order valence-electron chi connectivity index (χ4n) is 5.10. The fraction of sp³-hybridized carbons (Fsp3) is 0.650. The molecule has 1 atom stereocenters. The normalized spacial score (nSPS) is 33.7. The van der Waals surface area contributed by atoms with Gasteiger partial charge in [-0.25, -0.2) is 0 Å². The maximum atomic E-state index is 13.1. The second-order valence-electron chi connectivity index (χ2n) is 8.55. The van der Waals surface area contributed by atoms with E-state index in [-0.39, 0.29) is 17.5 Å². The Morgan fingerprint density at radius 2 is 1.78 bits per heavy atom. The van der Waals surface area contributed by atoms with Gasteiger partial charge < -0.3 is 4.74 Å². The van der Waals surface area contributed by atoms with Gasteiger partial charge in [0.25, 0.3) is 0 Å². The van der Waals surface area contributed by atoms with Crippen LogP contribution in [0.1, 0.15) is 45.1 Å². The zero-order chi connectivity index (χ0) is 16.1. The van der Waals surface area contributed by atoms with Crippen LogP contribution in [-0.2, 0) is 14.9 Å². The molecule has 1 aromatic rings. The van der Waals surface area contributed by atoms with Gasteiger partial charge in [0.15, 0.2) is 0 Å². The maximum Gasteiger partial charge on any atom is 0.316 e. The lowest BCUT2D eigenvalue weighted by atomic mass is 9.52. The van der Waals surface area contributed by atoms with Crippen molar-refractivity contribution >= 4 is 5.97 Å². The molecule has 0 spiro atoms. The fourth-order valence-corrected chi connectivity index (χ4v) is 5.10. The molecule has 3 heteroatoms. The molecule has 0 unspecified atom stereocenters. The molecule has 4 fully saturated rings. The number of rotatable bonds is 3. The maximum absolute atomic E-state index is 13.1. The lowest BCUT2D eigenvalue weighted by molar-refractivity contribution is -0.175. The molecule has 124 valence electrons. The summed E-state index contributed by atoms with van der Waals surface area (Å²) in [6.07, 6.45) is 4.26. The molecule has 23 heavy (non-hydrogen) atoms. The van der Waals surface area contributed by atoms with Crippen LogP contribution in [0.5, 0.6) is 0 Å². The molecular weight excluding hydrogens is 286 g/mol. The average molecular weight is 313 g/mol. The topological polar surface area (TPSA) is 29.5 Å². The minimum absolute atomic E-state index is 0.0155. The third kappa shape index (κ3) is 2.59. The van der Waals surface area contributed by atoms with Crippen molar-refractivity contribution < 1.29 is 9.53 Å². The molecule has 1 aliphatic carbocycles. The van der Waals surface area contributed by atoms with Crippen LogP contribution in [0.3, 0.4) is 0 Å². The Balaban J connectivity index is 1.54. The Bertz CT molecular complexity index is 579. The molecule has 0 aromatic heterocycles. The minimum atomic E-state index is -0.420. The number of nitrogens with zero attached hydrogens (tertiary/aromatic N) is 1. The molecule has 3 heterocycles. The summed E-state index contributed by atoms with van der Waals surface area (Å²) < 4.78 is 6.10. The van der Waals surface area contributed by atoms with E-state index < -0.39 is 5.41 Å². The molecule has 5 rings (SSSR count). The number of benzene rings is 1. The molecule has 3 nitrogen and oxygen atoms in total. The number of piperidine rings is 3. The molecule has 0 radical (unpaired) electrons. The second kappa shape index (κ2) is 5.34. The van der Waals surface area contributed by atoms with E-state index in [4.69, 9.17) is 4.74 Å². The number of esters is 1. The molecule has 1 aromatic carbocycles. The number of fused-ring (bicyclic) bond motifs is 3. The Kier molecular flexibility index (Phi) is 3.53. The van der Waals surface area contributed by atoms with Crippen molar-refractivity contribution in [3.8, 4) is 0 Å². The van der Waals surface area contributed by atoms with Crippen molar-refractivity contribution in [2.45, 2.75) is 51.0 Å². The SMILES string of the molecule is CC1(C)CC(C(=O)O[C@H]2CN3CCC2CC3)(c2ccccc2)C1. The van der Waals surface area contributed by atoms with Crippen LogP contribution in [0, 0.1) is 11.3 Å². The predicted octanol–water partition coefficient (Wildman–Crippen LogP) is 3.38. The van der Waals surface area contributed by atoms with Gasteiger partial charge >= 0.3 is 5.97 Å². The molecule has 2 bridgehead atoms. The van der Waals surface area contributed by atoms with Gasteiger partial charge in [-0.2, -0.15) is 0 Å². The van der Waals surface area contributed by atoms with Gasteiger partial charge in [-0.15, -0.1) is 0 Å². The molecule has 1 saturated carbocycles. The van der Waals surface area contributed by atoms with Crippen molar-refractivity contribution in [2.75, 3.05) is 19.6 Å². The standard InChI is InChI=1S/C20H27NO2/c1-19(2)13-20(14-19,16-6-4-3-5-7-16)18(22)23-17-12-21-10-8-15(17)9-11-21/h3-7,15,17H,8-14H2,1-2H3/t17-/m0/s1. The van der Waals surface area contributed by atoms with Crippen molar-refractivity contribution in [3.05, 3.63) is 35.9 Å². The van der Waals surface area contributed by atoms with Crippen LogP contribution in [-0.4, -0.2) is 36.6 Å². The summed E-state index contributed by atoms with van der Waals surface area (Å²) >= 11 is 0. The number of carbonyl (C=O) groups excluding carboxylic acids is 1. The average Bonchev–Trinajstić information content (AvgIpc) is 2.54. The summed E-state index contributed by atoms with van der Waals surface area (Å²) in [7, 11) is 0. The third-order valence-electron chi connectivity index (χ3n) is 6.13. The molecule has 0 N–H and O–H groups in total. The molecular formula is C20H27NO2. The monoisotopic (exact) mass is 313 g/mol. The van der Waals surface area contributed by atoms with Gasteiger partial charge in [0.2, 0.25) is 0 Å². The highest BCUT2D eigenvalue weighted by molar-refractivity contribution is 5.85. The Hall–Kier alpha value is -1.35. The first-order valence-electron chi connectivity index (χ1n) is 8.98.